The molecule has 2 atom stereocenters. The number of hydrogen-bond acceptors (Lipinski definition) is 3. The summed E-state index contributed by atoms with van der Waals surface area (Å²) in [5, 5.41) is 3.55. The smallest absolute Gasteiger partial charge is 0.243 e. The van der Waals surface area contributed by atoms with Crippen molar-refractivity contribution in [2.24, 2.45) is 5.92 Å². The number of sulfonamides is 1. The molecular formula is C24H31ClN2O3S. The Balaban J connectivity index is 1.66. The summed E-state index contributed by atoms with van der Waals surface area (Å²) in [7, 11) is -3.65. The number of piperidine rings is 1. The first-order valence-electron chi connectivity index (χ1n) is 10.6. The third-order valence-corrected chi connectivity index (χ3v) is 7.97. The molecule has 7 heteroatoms. The molecule has 3 rings (SSSR count). The van der Waals surface area contributed by atoms with Gasteiger partial charge < -0.3 is 5.32 Å². The molecule has 1 heterocycles. The molecule has 0 aromatic heterocycles. The Morgan fingerprint density at radius 3 is 2.29 bits per heavy atom. The fraction of sp³-hybridized carbons (Fsp3) is 0.458. The average molecular weight is 463 g/mol. The summed E-state index contributed by atoms with van der Waals surface area (Å²) in [4.78, 5) is 13.1. The van der Waals surface area contributed by atoms with Gasteiger partial charge in [-0.15, -0.1) is 0 Å². The quantitative estimate of drug-likeness (QED) is 0.686. The van der Waals surface area contributed by atoms with E-state index in [9.17, 15) is 13.2 Å². The SMILES string of the molecule is C[C@@H](NC(=O)[C@H]1CCCN(S(=O)(=O)c2ccc(Cl)cc2)C1)c1ccc(C(C)(C)C)cc1. The maximum absolute atomic E-state index is 13.0. The van der Waals surface area contributed by atoms with Crippen molar-refractivity contribution in [2.45, 2.75) is 56.9 Å². The minimum Gasteiger partial charge on any atom is -0.349 e. The maximum atomic E-state index is 13.0. The van der Waals surface area contributed by atoms with Gasteiger partial charge in [-0.05, 0) is 60.6 Å². The maximum Gasteiger partial charge on any atom is 0.243 e. The highest BCUT2D eigenvalue weighted by molar-refractivity contribution is 7.89. The Labute approximate surface area is 190 Å². The summed E-state index contributed by atoms with van der Waals surface area (Å²) in [6, 6.07) is 14.3. The van der Waals surface area contributed by atoms with Gasteiger partial charge in [0.1, 0.15) is 0 Å². The molecule has 0 unspecified atom stereocenters. The lowest BCUT2D eigenvalue weighted by Crippen LogP contribution is -2.45. The number of halogens is 1. The lowest BCUT2D eigenvalue weighted by atomic mass is 9.86. The van der Waals surface area contributed by atoms with Gasteiger partial charge in [0.05, 0.1) is 16.9 Å². The molecule has 1 saturated heterocycles. The largest absolute Gasteiger partial charge is 0.349 e. The Kier molecular flexibility index (Phi) is 7.14. The highest BCUT2D eigenvalue weighted by Crippen LogP contribution is 2.27. The zero-order valence-electron chi connectivity index (χ0n) is 18.6. The summed E-state index contributed by atoms with van der Waals surface area (Å²) in [5.74, 6) is -0.476. The minimum atomic E-state index is -3.65. The molecule has 0 bridgehead atoms. The van der Waals surface area contributed by atoms with Crippen molar-refractivity contribution in [3.8, 4) is 0 Å². The van der Waals surface area contributed by atoms with Crippen LogP contribution in [0.5, 0.6) is 0 Å². The predicted octanol–water partition coefficient (Wildman–Crippen LogP) is 4.92. The standard InChI is InChI=1S/C24H31ClN2O3S/c1-17(18-7-9-20(10-8-18)24(2,3)4)26-23(28)19-6-5-15-27(16-19)31(29,30)22-13-11-21(25)12-14-22/h7-14,17,19H,5-6,15-16H2,1-4H3,(H,26,28)/t17-,19+/m1/s1. The molecule has 1 amide bonds. The predicted molar refractivity (Wildman–Crippen MR) is 125 cm³/mol. The van der Waals surface area contributed by atoms with Crippen molar-refractivity contribution in [1.29, 1.82) is 0 Å². The highest BCUT2D eigenvalue weighted by atomic mass is 35.5. The van der Waals surface area contributed by atoms with Crippen LogP contribution in [0.3, 0.4) is 0 Å². The first-order chi connectivity index (χ1) is 14.5. The van der Waals surface area contributed by atoms with Crippen LogP contribution in [0.4, 0.5) is 0 Å². The fourth-order valence-electron chi connectivity index (χ4n) is 3.82. The van der Waals surface area contributed by atoms with Crippen molar-refractivity contribution in [1.82, 2.24) is 9.62 Å². The molecule has 0 radical (unpaired) electrons. The molecule has 0 spiro atoms. The summed E-state index contributed by atoms with van der Waals surface area (Å²) in [6.07, 6.45) is 1.33. The van der Waals surface area contributed by atoms with E-state index in [2.05, 4.69) is 38.2 Å². The molecule has 1 fully saturated rings. The first kappa shape index (κ1) is 23.8. The average Bonchev–Trinajstić information content (AvgIpc) is 2.73. The van der Waals surface area contributed by atoms with Gasteiger partial charge in [0.2, 0.25) is 15.9 Å². The minimum absolute atomic E-state index is 0.0755. The van der Waals surface area contributed by atoms with Crippen LogP contribution >= 0.6 is 11.6 Å². The van der Waals surface area contributed by atoms with Crippen molar-refractivity contribution >= 4 is 27.5 Å². The Bertz CT molecular complexity index is 1010. The van der Waals surface area contributed by atoms with E-state index in [0.717, 1.165) is 5.56 Å². The number of nitrogens with zero attached hydrogens (tertiary/aromatic N) is 1. The van der Waals surface area contributed by atoms with E-state index in [1.165, 1.54) is 22.0 Å². The lowest BCUT2D eigenvalue weighted by molar-refractivity contribution is -0.126. The summed E-state index contributed by atoms with van der Waals surface area (Å²) in [6.45, 7) is 9.06. The third-order valence-electron chi connectivity index (χ3n) is 5.84. The molecule has 0 saturated carbocycles. The fourth-order valence-corrected chi connectivity index (χ4v) is 5.47. The summed E-state index contributed by atoms with van der Waals surface area (Å²) < 4.78 is 27.4. The van der Waals surface area contributed by atoms with Crippen LogP contribution in [0.25, 0.3) is 0 Å². The summed E-state index contributed by atoms with van der Waals surface area (Å²) in [5.41, 5.74) is 2.35. The van der Waals surface area contributed by atoms with Gasteiger partial charge in [-0.2, -0.15) is 4.31 Å². The van der Waals surface area contributed by atoms with E-state index in [1.54, 1.807) is 12.1 Å². The lowest BCUT2D eigenvalue weighted by Gasteiger charge is -2.32. The van der Waals surface area contributed by atoms with Crippen LogP contribution in [-0.2, 0) is 20.2 Å². The molecular weight excluding hydrogens is 432 g/mol. The molecule has 31 heavy (non-hydrogen) atoms. The molecule has 2 aromatic rings. The van der Waals surface area contributed by atoms with Crippen molar-refractivity contribution in [3.05, 3.63) is 64.7 Å². The molecule has 1 aliphatic rings. The molecule has 5 nitrogen and oxygen atoms in total. The number of hydrogen-bond donors (Lipinski definition) is 1. The van der Waals surface area contributed by atoms with Crippen molar-refractivity contribution in [3.63, 3.8) is 0 Å². The Morgan fingerprint density at radius 2 is 1.71 bits per heavy atom. The van der Waals surface area contributed by atoms with E-state index >= 15 is 0 Å². The van der Waals surface area contributed by atoms with Crippen molar-refractivity contribution < 1.29 is 13.2 Å². The van der Waals surface area contributed by atoms with Crippen LogP contribution < -0.4 is 5.32 Å². The second-order valence-electron chi connectivity index (χ2n) is 9.26. The topological polar surface area (TPSA) is 66.5 Å². The monoisotopic (exact) mass is 462 g/mol. The Morgan fingerprint density at radius 1 is 1.10 bits per heavy atom. The zero-order valence-corrected chi connectivity index (χ0v) is 20.1. The highest BCUT2D eigenvalue weighted by Gasteiger charge is 2.33. The number of nitrogens with one attached hydrogen (secondary N) is 1. The van der Waals surface area contributed by atoms with E-state index in [-0.39, 0.29) is 34.7 Å². The third kappa shape index (κ3) is 5.68. The van der Waals surface area contributed by atoms with Gasteiger partial charge in [-0.3, -0.25) is 4.79 Å². The molecule has 0 aliphatic carbocycles. The van der Waals surface area contributed by atoms with E-state index < -0.39 is 10.0 Å². The van der Waals surface area contributed by atoms with Gasteiger partial charge in [-0.1, -0.05) is 56.6 Å². The van der Waals surface area contributed by atoms with Gasteiger partial charge in [0, 0.05) is 18.1 Å². The van der Waals surface area contributed by atoms with E-state index in [0.29, 0.717) is 24.4 Å². The second kappa shape index (κ2) is 9.31. The molecule has 2 aromatic carbocycles. The number of amides is 1. The van der Waals surface area contributed by atoms with Crippen LogP contribution in [0.1, 0.15) is 57.7 Å². The van der Waals surface area contributed by atoms with Crippen LogP contribution in [0.15, 0.2) is 53.4 Å². The van der Waals surface area contributed by atoms with Crippen molar-refractivity contribution in [2.75, 3.05) is 13.1 Å². The molecule has 168 valence electrons. The van der Waals surface area contributed by atoms with E-state index in [1.807, 2.05) is 19.1 Å². The zero-order chi connectivity index (χ0) is 22.8. The van der Waals surface area contributed by atoms with Gasteiger partial charge in [0.25, 0.3) is 0 Å². The second-order valence-corrected chi connectivity index (χ2v) is 11.6. The first-order valence-corrected chi connectivity index (χ1v) is 12.5. The van der Waals surface area contributed by atoms with Crippen LogP contribution in [0, 0.1) is 5.92 Å². The number of benzene rings is 2. The van der Waals surface area contributed by atoms with Gasteiger partial charge in [0.15, 0.2) is 0 Å². The van der Waals surface area contributed by atoms with Crippen LogP contribution in [-0.4, -0.2) is 31.7 Å². The van der Waals surface area contributed by atoms with E-state index in [4.69, 9.17) is 11.6 Å². The molecule has 1 N–H and O–H groups in total. The number of carbonyl (C=O) groups excluding carboxylic acids is 1. The number of carbonyl (C=O) groups is 1. The Hall–Kier alpha value is -1.89. The molecule has 1 aliphatic heterocycles. The van der Waals surface area contributed by atoms with Gasteiger partial charge in [-0.25, -0.2) is 8.42 Å². The van der Waals surface area contributed by atoms with Gasteiger partial charge >= 0.3 is 0 Å². The van der Waals surface area contributed by atoms with Crippen LogP contribution in [0.2, 0.25) is 5.02 Å². The number of rotatable bonds is 5. The normalized spacial score (nSPS) is 19.1. The summed E-state index contributed by atoms with van der Waals surface area (Å²) >= 11 is 5.88.